The van der Waals surface area contributed by atoms with Crippen molar-refractivity contribution in [3.05, 3.63) is 35.5 Å². The molecule has 1 aliphatic heterocycles. The summed E-state index contributed by atoms with van der Waals surface area (Å²) >= 11 is 0. The second-order valence-electron chi connectivity index (χ2n) is 6.96. The van der Waals surface area contributed by atoms with E-state index in [1.165, 1.54) is 0 Å². The molecule has 3 heterocycles. The van der Waals surface area contributed by atoms with Crippen LogP contribution < -0.4 is 5.32 Å². The predicted molar refractivity (Wildman–Crippen MR) is 93.7 cm³/mol. The molecule has 0 unspecified atom stereocenters. The third kappa shape index (κ3) is 3.39. The molecule has 0 spiro atoms. The van der Waals surface area contributed by atoms with Gasteiger partial charge in [0.25, 0.3) is 5.91 Å². The number of carbonyl (C=O) groups excluding carboxylic acids is 1. The zero-order chi connectivity index (χ0) is 18.1. The summed E-state index contributed by atoms with van der Waals surface area (Å²) in [4.78, 5) is 14.8. The van der Waals surface area contributed by atoms with E-state index < -0.39 is 0 Å². The number of likely N-dealkylation sites (N-methyl/N-ethyl adjacent to an activating group) is 1. The van der Waals surface area contributed by atoms with Crippen LogP contribution in [0.5, 0.6) is 0 Å². The van der Waals surface area contributed by atoms with Crippen LogP contribution in [0.3, 0.4) is 0 Å². The summed E-state index contributed by atoms with van der Waals surface area (Å²) in [5.41, 5.74) is 1.97. The number of amides is 1. The highest BCUT2D eigenvalue weighted by molar-refractivity contribution is 5.91. The third-order valence-corrected chi connectivity index (χ3v) is 5.24. The number of nitrogens with zero attached hydrogens (tertiary/aromatic N) is 4. The minimum Gasteiger partial charge on any atom is -0.373 e. The van der Waals surface area contributed by atoms with E-state index in [1.807, 2.05) is 17.8 Å². The Bertz CT molecular complexity index is 766. The maximum atomic E-state index is 12.4. The molecule has 0 bridgehead atoms. The van der Waals surface area contributed by atoms with E-state index in [0.717, 1.165) is 37.3 Å². The Kier molecular flexibility index (Phi) is 4.78. The average molecular weight is 359 g/mol. The van der Waals surface area contributed by atoms with Gasteiger partial charge in [-0.15, -0.1) is 0 Å². The Hall–Kier alpha value is -2.19. The van der Waals surface area contributed by atoms with Crippen LogP contribution in [0.2, 0.25) is 0 Å². The van der Waals surface area contributed by atoms with Crippen LogP contribution in [-0.4, -0.2) is 58.1 Å². The molecule has 1 amide bonds. The highest BCUT2D eigenvalue weighted by atomic mass is 16.5. The van der Waals surface area contributed by atoms with Crippen LogP contribution in [0, 0.1) is 0 Å². The van der Waals surface area contributed by atoms with E-state index in [1.54, 1.807) is 12.3 Å². The molecule has 2 aliphatic rings. The summed E-state index contributed by atoms with van der Waals surface area (Å²) in [6, 6.07) is 3.82. The number of aryl methyl sites for hydroxylation is 1. The molecular formula is C18H25N5O3. The smallest absolute Gasteiger partial charge is 0.289 e. The van der Waals surface area contributed by atoms with Crippen LogP contribution >= 0.6 is 0 Å². The minimum atomic E-state index is -0.245. The Balaban J connectivity index is 1.44. The summed E-state index contributed by atoms with van der Waals surface area (Å²) in [5.74, 6) is 0.492. The van der Waals surface area contributed by atoms with Crippen LogP contribution in [0.15, 0.2) is 22.9 Å². The zero-order valence-electron chi connectivity index (χ0n) is 15.2. The van der Waals surface area contributed by atoms with E-state index in [-0.39, 0.29) is 23.8 Å². The average Bonchev–Trinajstić information content (AvgIpc) is 3.23. The quantitative estimate of drug-likeness (QED) is 0.841. The summed E-state index contributed by atoms with van der Waals surface area (Å²) in [7, 11) is 1.93. The van der Waals surface area contributed by atoms with Gasteiger partial charge in [-0.1, -0.05) is 12.1 Å². The molecule has 1 saturated carbocycles. The topological polar surface area (TPSA) is 85.4 Å². The van der Waals surface area contributed by atoms with Crippen molar-refractivity contribution in [2.24, 2.45) is 7.05 Å². The lowest BCUT2D eigenvalue weighted by molar-refractivity contribution is -0.0709. The Morgan fingerprint density at radius 2 is 2.27 bits per heavy atom. The van der Waals surface area contributed by atoms with Crippen molar-refractivity contribution in [2.45, 2.75) is 37.8 Å². The summed E-state index contributed by atoms with van der Waals surface area (Å²) < 4.78 is 13.1. The maximum Gasteiger partial charge on any atom is 0.289 e. The van der Waals surface area contributed by atoms with E-state index >= 15 is 0 Å². The molecule has 26 heavy (non-hydrogen) atoms. The van der Waals surface area contributed by atoms with Crippen molar-refractivity contribution < 1.29 is 14.1 Å². The number of carbonyl (C=O) groups is 1. The highest BCUT2D eigenvalue weighted by Crippen LogP contribution is 2.39. The van der Waals surface area contributed by atoms with Crippen molar-refractivity contribution >= 4 is 5.91 Å². The normalized spacial score (nSPS) is 23.9. The molecule has 1 aliphatic carbocycles. The first-order valence-corrected chi connectivity index (χ1v) is 9.25. The van der Waals surface area contributed by atoms with Crippen molar-refractivity contribution in [1.29, 1.82) is 0 Å². The van der Waals surface area contributed by atoms with Gasteiger partial charge in [0.05, 0.1) is 30.1 Å². The largest absolute Gasteiger partial charge is 0.373 e. The number of ether oxygens (including phenoxy) is 1. The second-order valence-corrected chi connectivity index (χ2v) is 6.96. The fourth-order valence-electron chi connectivity index (χ4n) is 3.61. The first kappa shape index (κ1) is 17.2. The standard InChI is InChI=1S/C18H25N5O3/c1-3-23-8-9-25-16(17(23)14-6-7-20-22(14)2)11-19-18(24)15-10-13(21-26-15)12-4-5-12/h6-7,10,12,16-17H,3-5,8-9,11H2,1-2H3,(H,19,24)/t16-,17-/m0/s1. The number of nitrogens with one attached hydrogen (secondary N) is 1. The van der Waals surface area contributed by atoms with Gasteiger partial charge in [0.15, 0.2) is 0 Å². The summed E-state index contributed by atoms with van der Waals surface area (Å²) in [5, 5.41) is 11.2. The number of hydrogen-bond acceptors (Lipinski definition) is 6. The van der Waals surface area contributed by atoms with Crippen molar-refractivity contribution in [3.63, 3.8) is 0 Å². The van der Waals surface area contributed by atoms with Crippen LogP contribution in [-0.2, 0) is 11.8 Å². The molecule has 2 fully saturated rings. The molecule has 0 aromatic carbocycles. The zero-order valence-corrected chi connectivity index (χ0v) is 15.2. The molecule has 4 rings (SSSR count). The van der Waals surface area contributed by atoms with Gasteiger partial charge in [0, 0.05) is 38.3 Å². The Morgan fingerprint density at radius 1 is 1.42 bits per heavy atom. The Labute approximate surface area is 152 Å². The van der Waals surface area contributed by atoms with Gasteiger partial charge in [-0.3, -0.25) is 14.4 Å². The lowest BCUT2D eigenvalue weighted by atomic mass is 10.0. The molecule has 8 heteroatoms. The fraction of sp³-hybridized carbons (Fsp3) is 0.611. The van der Waals surface area contributed by atoms with Crippen LogP contribution in [0.1, 0.15) is 53.7 Å². The molecular weight excluding hydrogens is 334 g/mol. The van der Waals surface area contributed by atoms with E-state index in [0.29, 0.717) is 19.1 Å². The van der Waals surface area contributed by atoms with Crippen molar-refractivity contribution in [3.8, 4) is 0 Å². The van der Waals surface area contributed by atoms with Gasteiger partial charge < -0.3 is 14.6 Å². The molecule has 2 atom stereocenters. The predicted octanol–water partition coefficient (Wildman–Crippen LogP) is 1.48. The molecule has 2 aromatic heterocycles. The van der Waals surface area contributed by atoms with Gasteiger partial charge in [0.2, 0.25) is 5.76 Å². The summed E-state index contributed by atoms with van der Waals surface area (Å²) in [6.07, 6.45) is 3.90. The van der Waals surface area contributed by atoms with E-state index in [2.05, 4.69) is 27.4 Å². The Morgan fingerprint density at radius 3 is 2.96 bits per heavy atom. The monoisotopic (exact) mass is 359 g/mol. The van der Waals surface area contributed by atoms with Crippen molar-refractivity contribution in [2.75, 3.05) is 26.2 Å². The lowest BCUT2D eigenvalue weighted by Crippen LogP contribution is -2.50. The molecule has 1 N–H and O–H groups in total. The van der Waals surface area contributed by atoms with Gasteiger partial charge in [0.1, 0.15) is 0 Å². The first-order chi connectivity index (χ1) is 12.7. The van der Waals surface area contributed by atoms with Gasteiger partial charge in [-0.05, 0) is 25.5 Å². The highest BCUT2D eigenvalue weighted by Gasteiger charge is 2.35. The fourth-order valence-corrected chi connectivity index (χ4v) is 3.61. The van der Waals surface area contributed by atoms with E-state index in [9.17, 15) is 4.79 Å². The molecule has 2 aromatic rings. The lowest BCUT2D eigenvalue weighted by Gasteiger charge is -2.40. The number of morpholine rings is 1. The minimum absolute atomic E-state index is 0.0540. The molecule has 8 nitrogen and oxygen atoms in total. The van der Waals surface area contributed by atoms with Crippen LogP contribution in [0.4, 0.5) is 0 Å². The molecule has 1 saturated heterocycles. The van der Waals surface area contributed by atoms with Crippen LogP contribution in [0.25, 0.3) is 0 Å². The number of rotatable bonds is 6. The number of hydrogen-bond donors (Lipinski definition) is 1. The SMILES string of the molecule is CCN1CCO[C@@H](CNC(=O)c2cc(C3CC3)no2)[C@@H]1c1ccnn1C. The third-order valence-electron chi connectivity index (χ3n) is 5.24. The molecule has 0 radical (unpaired) electrons. The van der Waals surface area contributed by atoms with Gasteiger partial charge in [-0.25, -0.2) is 0 Å². The first-order valence-electron chi connectivity index (χ1n) is 9.25. The maximum absolute atomic E-state index is 12.4. The number of aromatic nitrogens is 3. The van der Waals surface area contributed by atoms with Crippen molar-refractivity contribution in [1.82, 2.24) is 25.2 Å². The molecule has 140 valence electrons. The van der Waals surface area contributed by atoms with E-state index in [4.69, 9.17) is 9.26 Å². The summed E-state index contributed by atoms with van der Waals surface area (Å²) in [6.45, 7) is 4.97. The van der Waals surface area contributed by atoms with Gasteiger partial charge in [-0.2, -0.15) is 5.10 Å². The second kappa shape index (κ2) is 7.20. The van der Waals surface area contributed by atoms with Gasteiger partial charge >= 0.3 is 0 Å².